The van der Waals surface area contributed by atoms with Crippen LogP contribution >= 0.6 is 0 Å². The van der Waals surface area contributed by atoms with E-state index in [4.69, 9.17) is 5.73 Å². The minimum atomic E-state index is -0.382. The zero-order valence-corrected chi connectivity index (χ0v) is 7.33. The number of carbonyl (C=O) groups excluding carboxylic acids is 2. The molecule has 0 aliphatic carbocycles. The zero-order valence-electron chi connectivity index (χ0n) is 7.33. The van der Waals surface area contributed by atoms with Crippen LogP contribution in [0.2, 0.25) is 0 Å². The fourth-order valence-electron chi connectivity index (χ4n) is 1.58. The van der Waals surface area contributed by atoms with Crippen LogP contribution in [0.4, 0.5) is 0 Å². The van der Waals surface area contributed by atoms with Crippen molar-refractivity contribution in [3.63, 3.8) is 0 Å². The van der Waals surface area contributed by atoms with Crippen LogP contribution in [0.25, 0.3) is 0 Å². The van der Waals surface area contributed by atoms with Gasteiger partial charge in [-0.25, -0.2) is 0 Å². The zero-order chi connectivity index (χ0) is 9.30. The molecule has 0 bridgehead atoms. The molecule has 68 valence electrons. The Morgan fingerprint density at radius 3 is 2.58 bits per heavy atom. The number of rotatable bonds is 2. The summed E-state index contributed by atoms with van der Waals surface area (Å²) in [5.41, 5.74) is 5.16. The largest absolute Gasteiger partial charge is 0.369 e. The van der Waals surface area contributed by atoms with Crippen molar-refractivity contribution in [3.8, 4) is 0 Å². The lowest BCUT2D eigenvalue weighted by molar-refractivity contribution is -0.124. The van der Waals surface area contributed by atoms with E-state index >= 15 is 0 Å². The Morgan fingerprint density at radius 2 is 2.25 bits per heavy atom. The van der Waals surface area contributed by atoms with Gasteiger partial charge in [-0.2, -0.15) is 0 Å². The molecule has 1 rings (SSSR count). The maximum Gasteiger partial charge on any atom is 0.223 e. The third kappa shape index (κ3) is 1.57. The Balaban J connectivity index is 2.72. The third-order valence-electron chi connectivity index (χ3n) is 2.25. The second-order valence-electron chi connectivity index (χ2n) is 3.55. The number of amides is 2. The van der Waals surface area contributed by atoms with Crippen molar-refractivity contribution >= 4 is 11.8 Å². The van der Waals surface area contributed by atoms with Gasteiger partial charge in [0.2, 0.25) is 11.8 Å². The molecule has 4 heteroatoms. The molecule has 12 heavy (non-hydrogen) atoms. The van der Waals surface area contributed by atoms with Gasteiger partial charge >= 0.3 is 0 Å². The summed E-state index contributed by atoms with van der Waals surface area (Å²) in [5, 5.41) is 2.74. The smallest absolute Gasteiger partial charge is 0.223 e. The van der Waals surface area contributed by atoms with Gasteiger partial charge < -0.3 is 11.1 Å². The molecule has 3 N–H and O–H groups in total. The Kier molecular flexibility index (Phi) is 2.35. The first kappa shape index (κ1) is 9.03. The molecule has 0 aromatic heterocycles. The first-order valence-corrected chi connectivity index (χ1v) is 4.11. The van der Waals surface area contributed by atoms with Gasteiger partial charge in [0.1, 0.15) is 0 Å². The molecule has 1 saturated heterocycles. The molecular weight excluding hydrogens is 156 g/mol. The van der Waals surface area contributed by atoms with Crippen molar-refractivity contribution in [3.05, 3.63) is 0 Å². The standard InChI is InChI=1S/C8H14N2O2/c1-4(2)7-5(8(9)12)3-6(11)10-7/h4-5,7H,3H2,1-2H3,(H2,9,12)(H,10,11)/t5-,7+/m0/s1. The number of nitrogens with two attached hydrogens (primary N) is 1. The Hall–Kier alpha value is -1.06. The van der Waals surface area contributed by atoms with Gasteiger partial charge in [0.15, 0.2) is 0 Å². The van der Waals surface area contributed by atoms with Crippen LogP contribution in [0.5, 0.6) is 0 Å². The fraction of sp³-hybridized carbons (Fsp3) is 0.750. The highest BCUT2D eigenvalue weighted by molar-refractivity contribution is 5.89. The van der Waals surface area contributed by atoms with E-state index in [9.17, 15) is 9.59 Å². The van der Waals surface area contributed by atoms with Gasteiger partial charge in [-0.05, 0) is 5.92 Å². The topological polar surface area (TPSA) is 72.2 Å². The highest BCUT2D eigenvalue weighted by Crippen LogP contribution is 2.21. The summed E-state index contributed by atoms with van der Waals surface area (Å²) in [6, 6.07) is -0.0741. The summed E-state index contributed by atoms with van der Waals surface area (Å²) in [5.74, 6) is -0.518. The van der Waals surface area contributed by atoms with E-state index in [0.717, 1.165) is 0 Å². The molecule has 0 aromatic rings. The average molecular weight is 170 g/mol. The van der Waals surface area contributed by atoms with Crippen molar-refractivity contribution in [2.75, 3.05) is 0 Å². The molecule has 1 heterocycles. The van der Waals surface area contributed by atoms with Crippen molar-refractivity contribution < 1.29 is 9.59 Å². The van der Waals surface area contributed by atoms with Gasteiger partial charge in [-0.1, -0.05) is 13.8 Å². The monoisotopic (exact) mass is 170 g/mol. The van der Waals surface area contributed by atoms with Gasteiger partial charge in [0, 0.05) is 12.5 Å². The van der Waals surface area contributed by atoms with Crippen molar-refractivity contribution in [1.82, 2.24) is 5.32 Å². The van der Waals surface area contributed by atoms with Crippen LogP contribution in [0, 0.1) is 11.8 Å². The molecule has 4 nitrogen and oxygen atoms in total. The van der Waals surface area contributed by atoms with Gasteiger partial charge in [0.25, 0.3) is 0 Å². The molecule has 0 unspecified atom stereocenters. The molecule has 1 fully saturated rings. The van der Waals surface area contributed by atoms with Crippen LogP contribution in [0.15, 0.2) is 0 Å². The SMILES string of the molecule is CC(C)[C@H]1NC(=O)C[C@@H]1C(N)=O. The number of hydrogen-bond donors (Lipinski definition) is 2. The molecule has 0 spiro atoms. The lowest BCUT2D eigenvalue weighted by atomic mass is 9.91. The van der Waals surface area contributed by atoms with Crippen LogP contribution in [0.1, 0.15) is 20.3 Å². The van der Waals surface area contributed by atoms with E-state index < -0.39 is 0 Å². The molecule has 0 saturated carbocycles. The predicted molar refractivity (Wildman–Crippen MR) is 44.1 cm³/mol. The summed E-state index contributed by atoms with van der Waals surface area (Å²) in [6.45, 7) is 3.93. The summed E-state index contributed by atoms with van der Waals surface area (Å²) < 4.78 is 0. The number of primary amides is 1. The van der Waals surface area contributed by atoms with E-state index in [1.165, 1.54) is 0 Å². The Labute approximate surface area is 71.5 Å². The van der Waals surface area contributed by atoms with Crippen LogP contribution in [-0.2, 0) is 9.59 Å². The van der Waals surface area contributed by atoms with Crippen molar-refractivity contribution in [1.29, 1.82) is 0 Å². The number of hydrogen-bond acceptors (Lipinski definition) is 2. The Morgan fingerprint density at radius 1 is 1.67 bits per heavy atom. The summed E-state index contributed by atoms with van der Waals surface area (Å²) in [4.78, 5) is 21.8. The van der Waals surface area contributed by atoms with E-state index in [-0.39, 0.29) is 36.1 Å². The first-order valence-electron chi connectivity index (χ1n) is 4.11. The van der Waals surface area contributed by atoms with E-state index in [1.54, 1.807) is 0 Å². The van der Waals surface area contributed by atoms with Gasteiger partial charge in [0.05, 0.1) is 5.92 Å². The highest BCUT2D eigenvalue weighted by Gasteiger charge is 2.37. The first-order chi connectivity index (χ1) is 5.52. The molecule has 0 aromatic carbocycles. The van der Waals surface area contributed by atoms with Crippen molar-refractivity contribution in [2.45, 2.75) is 26.3 Å². The third-order valence-corrected chi connectivity index (χ3v) is 2.25. The highest BCUT2D eigenvalue weighted by atomic mass is 16.2. The summed E-state index contributed by atoms with van der Waals surface area (Å²) in [6.07, 6.45) is 0.248. The lowest BCUT2D eigenvalue weighted by Gasteiger charge is -2.19. The minimum absolute atomic E-state index is 0.0718. The summed E-state index contributed by atoms with van der Waals surface area (Å²) in [7, 11) is 0. The quantitative estimate of drug-likeness (QED) is 0.593. The minimum Gasteiger partial charge on any atom is -0.369 e. The van der Waals surface area contributed by atoms with Gasteiger partial charge in [-0.3, -0.25) is 9.59 Å². The van der Waals surface area contributed by atoms with E-state index in [2.05, 4.69) is 5.32 Å². The van der Waals surface area contributed by atoms with Crippen LogP contribution in [0.3, 0.4) is 0 Å². The number of nitrogens with one attached hydrogen (secondary N) is 1. The average Bonchev–Trinajstić information content (AvgIpc) is 2.31. The molecule has 1 aliphatic rings. The van der Waals surface area contributed by atoms with E-state index in [1.807, 2.05) is 13.8 Å². The number of carbonyl (C=O) groups is 2. The van der Waals surface area contributed by atoms with Crippen LogP contribution in [-0.4, -0.2) is 17.9 Å². The lowest BCUT2D eigenvalue weighted by Crippen LogP contribution is -2.39. The fourth-order valence-corrected chi connectivity index (χ4v) is 1.58. The predicted octanol–water partition coefficient (Wildman–Crippen LogP) is -0.368. The maximum absolute atomic E-state index is 11.0. The molecule has 2 atom stereocenters. The van der Waals surface area contributed by atoms with Gasteiger partial charge in [-0.15, -0.1) is 0 Å². The van der Waals surface area contributed by atoms with E-state index in [0.29, 0.717) is 0 Å². The molecule has 1 aliphatic heterocycles. The second kappa shape index (κ2) is 3.13. The second-order valence-corrected chi connectivity index (χ2v) is 3.55. The molecule has 0 radical (unpaired) electrons. The molecule has 2 amide bonds. The summed E-state index contributed by atoms with van der Waals surface area (Å²) >= 11 is 0. The van der Waals surface area contributed by atoms with Crippen molar-refractivity contribution in [2.24, 2.45) is 17.6 Å². The normalized spacial score (nSPS) is 29.1. The molecular formula is C8H14N2O2. The maximum atomic E-state index is 11.0. The Bertz CT molecular complexity index is 213. The van der Waals surface area contributed by atoms with Crippen LogP contribution < -0.4 is 11.1 Å².